The van der Waals surface area contributed by atoms with E-state index in [-0.39, 0.29) is 14.9 Å². The molecule has 9 heteroatoms. The smallest absolute Gasteiger partial charge is 0.242 e. The first-order valence-electron chi connectivity index (χ1n) is 7.38. The topological polar surface area (TPSA) is 69.1 Å². The Bertz CT molecular complexity index is 634. The fourth-order valence-electron chi connectivity index (χ4n) is 2.41. The minimum Gasteiger partial charge on any atom is -0.495 e. The monoisotopic (exact) mass is 383 g/mol. The number of sulfonamides is 1. The number of nitrogens with one attached hydrogen (secondary N) is 2. The standard InChI is InChI=1S/C14H20Cl2N2O4S/c1-21-13-9-12(16)14(10-11(13)15)23(19,20)17-3-2-4-18-5-7-22-8-6-18/h9-10,17H,2-8H2,1H3/p+1. The highest BCUT2D eigenvalue weighted by Gasteiger charge is 2.20. The van der Waals surface area contributed by atoms with Crippen LogP contribution in [0, 0.1) is 0 Å². The molecule has 1 heterocycles. The molecule has 2 N–H and O–H groups in total. The number of rotatable bonds is 7. The van der Waals surface area contributed by atoms with Gasteiger partial charge in [-0.3, -0.25) is 0 Å². The molecule has 2 rings (SSSR count). The minimum absolute atomic E-state index is 0.0383. The van der Waals surface area contributed by atoms with Crippen molar-refractivity contribution in [3.8, 4) is 5.75 Å². The molecule has 1 saturated heterocycles. The summed E-state index contributed by atoms with van der Waals surface area (Å²) in [6.07, 6.45) is 0.746. The third-order valence-electron chi connectivity index (χ3n) is 3.69. The van der Waals surface area contributed by atoms with Crippen LogP contribution in [0.3, 0.4) is 0 Å². The van der Waals surface area contributed by atoms with Crippen LogP contribution in [0.2, 0.25) is 10.0 Å². The quantitative estimate of drug-likeness (QED) is 0.676. The van der Waals surface area contributed by atoms with Crippen molar-refractivity contribution in [1.29, 1.82) is 0 Å². The largest absolute Gasteiger partial charge is 0.495 e. The van der Waals surface area contributed by atoms with Gasteiger partial charge in [0, 0.05) is 19.0 Å². The molecule has 0 atom stereocenters. The summed E-state index contributed by atoms with van der Waals surface area (Å²) < 4.78 is 37.5. The lowest BCUT2D eigenvalue weighted by Crippen LogP contribution is -3.14. The molecule has 0 bridgehead atoms. The van der Waals surface area contributed by atoms with Crippen molar-refractivity contribution in [2.75, 3.05) is 46.5 Å². The van der Waals surface area contributed by atoms with E-state index in [1.807, 2.05) is 0 Å². The zero-order valence-electron chi connectivity index (χ0n) is 12.9. The molecule has 1 aromatic rings. The van der Waals surface area contributed by atoms with Gasteiger partial charge in [-0.05, 0) is 6.07 Å². The lowest BCUT2D eigenvalue weighted by atomic mass is 10.3. The van der Waals surface area contributed by atoms with Gasteiger partial charge in [0.05, 0.1) is 36.9 Å². The van der Waals surface area contributed by atoms with Gasteiger partial charge in [0.25, 0.3) is 0 Å². The molecule has 1 fully saturated rings. The van der Waals surface area contributed by atoms with E-state index in [1.165, 1.54) is 24.1 Å². The Morgan fingerprint density at radius 3 is 2.61 bits per heavy atom. The minimum atomic E-state index is -3.70. The second-order valence-electron chi connectivity index (χ2n) is 5.28. The van der Waals surface area contributed by atoms with Gasteiger partial charge in [-0.15, -0.1) is 0 Å². The van der Waals surface area contributed by atoms with Crippen molar-refractivity contribution < 1.29 is 22.8 Å². The molecule has 0 aromatic heterocycles. The van der Waals surface area contributed by atoms with E-state index in [0.29, 0.717) is 12.3 Å². The third kappa shape index (κ3) is 5.20. The van der Waals surface area contributed by atoms with Crippen molar-refractivity contribution in [2.24, 2.45) is 0 Å². The van der Waals surface area contributed by atoms with Crippen molar-refractivity contribution in [2.45, 2.75) is 11.3 Å². The summed E-state index contributed by atoms with van der Waals surface area (Å²) in [6, 6.07) is 2.70. The normalized spacial score (nSPS) is 16.5. The Kier molecular flexibility index (Phi) is 6.94. The van der Waals surface area contributed by atoms with Crippen LogP contribution in [-0.2, 0) is 14.8 Å². The van der Waals surface area contributed by atoms with E-state index >= 15 is 0 Å². The molecule has 0 saturated carbocycles. The maximum atomic E-state index is 12.3. The summed E-state index contributed by atoms with van der Waals surface area (Å²) in [5.41, 5.74) is 0. The van der Waals surface area contributed by atoms with Gasteiger partial charge in [-0.25, -0.2) is 13.1 Å². The van der Waals surface area contributed by atoms with Crippen molar-refractivity contribution in [3.05, 3.63) is 22.2 Å². The van der Waals surface area contributed by atoms with E-state index < -0.39 is 10.0 Å². The van der Waals surface area contributed by atoms with Crippen molar-refractivity contribution in [3.63, 3.8) is 0 Å². The molecule has 1 aliphatic rings. The Morgan fingerprint density at radius 2 is 1.96 bits per heavy atom. The van der Waals surface area contributed by atoms with Crippen LogP contribution in [0.1, 0.15) is 6.42 Å². The Labute approximate surface area is 146 Å². The molecule has 1 aliphatic heterocycles. The van der Waals surface area contributed by atoms with Crippen LogP contribution in [0.25, 0.3) is 0 Å². The highest BCUT2D eigenvalue weighted by atomic mass is 35.5. The van der Waals surface area contributed by atoms with Gasteiger partial charge in [-0.1, -0.05) is 23.2 Å². The number of hydrogen-bond acceptors (Lipinski definition) is 4. The average molecular weight is 384 g/mol. The number of ether oxygens (including phenoxy) is 2. The fraction of sp³-hybridized carbons (Fsp3) is 0.571. The maximum Gasteiger partial charge on any atom is 0.242 e. The summed E-state index contributed by atoms with van der Waals surface area (Å²) in [5.74, 6) is 0.339. The van der Waals surface area contributed by atoms with Crippen LogP contribution in [0.4, 0.5) is 0 Å². The van der Waals surface area contributed by atoms with E-state index in [4.69, 9.17) is 32.7 Å². The van der Waals surface area contributed by atoms with E-state index in [9.17, 15) is 8.42 Å². The van der Waals surface area contributed by atoms with Gasteiger partial charge >= 0.3 is 0 Å². The highest BCUT2D eigenvalue weighted by molar-refractivity contribution is 7.89. The molecule has 0 radical (unpaired) electrons. The fourth-order valence-corrected chi connectivity index (χ4v) is 4.33. The zero-order valence-corrected chi connectivity index (χ0v) is 15.2. The van der Waals surface area contributed by atoms with Gasteiger partial charge in [0.15, 0.2) is 0 Å². The average Bonchev–Trinajstić information content (AvgIpc) is 2.54. The van der Waals surface area contributed by atoms with Crippen LogP contribution < -0.4 is 14.4 Å². The Morgan fingerprint density at radius 1 is 1.26 bits per heavy atom. The zero-order chi connectivity index (χ0) is 16.9. The molecule has 130 valence electrons. The SMILES string of the molecule is COc1cc(Cl)c(S(=O)(=O)NCCC[NH+]2CCOCC2)cc1Cl. The highest BCUT2D eigenvalue weighted by Crippen LogP contribution is 2.33. The number of morpholine rings is 1. The summed E-state index contributed by atoms with van der Waals surface area (Å²) in [7, 11) is -2.25. The van der Waals surface area contributed by atoms with E-state index in [2.05, 4.69) is 4.72 Å². The molecule has 23 heavy (non-hydrogen) atoms. The van der Waals surface area contributed by atoms with Crippen LogP contribution in [0.5, 0.6) is 5.75 Å². The lowest BCUT2D eigenvalue weighted by molar-refractivity contribution is -0.908. The first kappa shape index (κ1) is 18.8. The number of halogens is 2. The maximum absolute atomic E-state index is 12.3. The summed E-state index contributed by atoms with van der Waals surface area (Å²) in [5, 5.41) is 0.285. The van der Waals surface area contributed by atoms with Gasteiger partial charge < -0.3 is 14.4 Å². The number of quaternary nitrogens is 1. The Balaban J connectivity index is 1.92. The van der Waals surface area contributed by atoms with Crippen molar-refractivity contribution in [1.82, 2.24) is 4.72 Å². The number of methoxy groups -OCH3 is 1. The van der Waals surface area contributed by atoms with Gasteiger partial charge in [-0.2, -0.15) is 0 Å². The first-order valence-corrected chi connectivity index (χ1v) is 9.62. The predicted molar refractivity (Wildman–Crippen MR) is 89.2 cm³/mol. The first-order chi connectivity index (χ1) is 10.9. The van der Waals surface area contributed by atoms with E-state index in [1.54, 1.807) is 0 Å². The molecular weight excluding hydrogens is 363 g/mol. The molecule has 1 aromatic carbocycles. The summed E-state index contributed by atoms with van der Waals surface area (Å²) >= 11 is 12.0. The molecule has 0 amide bonds. The van der Waals surface area contributed by atoms with Gasteiger partial charge in [0.2, 0.25) is 10.0 Å². The second kappa shape index (κ2) is 8.50. The van der Waals surface area contributed by atoms with Crippen LogP contribution in [-0.4, -0.2) is 54.9 Å². The number of benzene rings is 1. The molecule has 0 spiro atoms. The molecule has 6 nitrogen and oxygen atoms in total. The van der Waals surface area contributed by atoms with Gasteiger partial charge in [0.1, 0.15) is 23.7 Å². The summed E-state index contributed by atoms with van der Waals surface area (Å²) in [6.45, 7) is 4.72. The Hall–Kier alpha value is -0.570. The van der Waals surface area contributed by atoms with E-state index in [0.717, 1.165) is 39.3 Å². The molecule has 0 aliphatic carbocycles. The third-order valence-corrected chi connectivity index (χ3v) is 5.92. The summed E-state index contributed by atoms with van der Waals surface area (Å²) in [4.78, 5) is 1.39. The number of hydrogen-bond donors (Lipinski definition) is 2. The van der Waals surface area contributed by atoms with Crippen LogP contribution in [0.15, 0.2) is 17.0 Å². The predicted octanol–water partition coefficient (Wildman–Crippen LogP) is 0.586. The van der Waals surface area contributed by atoms with Crippen molar-refractivity contribution >= 4 is 33.2 Å². The molecule has 0 unspecified atom stereocenters. The van der Waals surface area contributed by atoms with Crippen LogP contribution >= 0.6 is 23.2 Å². The lowest BCUT2D eigenvalue weighted by Gasteiger charge is -2.23. The second-order valence-corrected chi connectivity index (χ2v) is 7.83. The molecular formula is C14H21Cl2N2O4S+.